The second-order valence-electron chi connectivity index (χ2n) is 14.9. The molecule has 15 heteroatoms. The molecule has 3 aromatic rings. The number of carbonyl (C=O) groups excluding carboxylic acids is 2. The number of ether oxygens (including phenoxy) is 6. The molecule has 10 rings (SSSR count). The summed E-state index contributed by atoms with van der Waals surface area (Å²) in [5.41, 5.74) is 4.36. The minimum absolute atomic E-state index is 0.0226. The van der Waals surface area contributed by atoms with Crippen LogP contribution in [0.15, 0.2) is 18.2 Å². The number of thioether (sulfide) groups is 1. The standard InChI is InChI=1S/C39H43N3O11S/c1-16-9-20-10-22-37(46)42-23-13-50-38(47)39(21-12-25(48-5)24(44)11-19(21)7-8-40-39)14-54-36(30(42)29(41(22)4)26(20)31(45)32(16)49-6)28-27(23)35-34(51-15-52-35)17(2)33(28)53-18(3)43/h9,11-12,22-23,29-30,36-37,40,44-46H,7-8,10,13-15H2,1-6H3/t22?,23-,29?,30?,36+,37-,39?/m0/s1. The molecule has 4 bridgehead atoms. The number of esters is 2. The van der Waals surface area contributed by atoms with Gasteiger partial charge in [0.2, 0.25) is 6.79 Å². The van der Waals surface area contributed by atoms with Crippen LogP contribution >= 0.6 is 11.8 Å². The third-order valence-electron chi connectivity index (χ3n) is 12.3. The number of hydrogen-bond acceptors (Lipinski definition) is 15. The van der Waals surface area contributed by atoms with Crippen molar-refractivity contribution < 1.29 is 53.3 Å². The number of nitrogens with one attached hydrogen (secondary N) is 1. The SMILES string of the molecule is COc1cc2c(cc1O)CCNC21CS[C@@H]2c3c(OC(C)=O)c(C)c4c(c3[C@H](COC1=O)N1C2C2c3c(cc(C)c(OC)c3O)CC([C@@H]1O)N2C)OCO4. The molecule has 0 radical (unpaired) electrons. The largest absolute Gasteiger partial charge is 0.504 e. The number of phenolic OH excluding ortho intramolecular Hbond substituents is 2. The highest BCUT2D eigenvalue weighted by atomic mass is 32.2. The van der Waals surface area contributed by atoms with E-state index >= 15 is 0 Å². The highest BCUT2D eigenvalue weighted by Crippen LogP contribution is 2.64. The Hall–Kier alpha value is -4.41. The van der Waals surface area contributed by atoms with Crippen molar-refractivity contribution in [3.63, 3.8) is 0 Å². The lowest BCUT2D eigenvalue weighted by molar-refractivity contribution is -0.186. The van der Waals surface area contributed by atoms with Gasteiger partial charge >= 0.3 is 11.9 Å². The Balaban J connectivity index is 1.32. The van der Waals surface area contributed by atoms with Crippen molar-refractivity contribution in [2.24, 2.45) is 0 Å². The first-order valence-corrected chi connectivity index (χ1v) is 19.1. The first-order chi connectivity index (χ1) is 25.9. The molecular formula is C39H43N3O11S. The lowest BCUT2D eigenvalue weighted by atomic mass is 9.73. The molecule has 2 fully saturated rings. The predicted octanol–water partition coefficient (Wildman–Crippen LogP) is 3.41. The van der Waals surface area contributed by atoms with Gasteiger partial charge in [-0.2, -0.15) is 0 Å². The normalized spacial score (nSPS) is 29.4. The molecule has 7 aliphatic heterocycles. The van der Waals surface area contributed by atoms with E-state index in [1.165, 1.54) is 32.9 Å². The number of aryl methyl sites for hydroxylation is 1. The van der Waals surface area contributed by atoms with Gasteiger partial charge in [-0.1, -0.05) is 6.07 Å². The molecule has 0 aromatic heterocycles. The van der Waals surface area contributed by atoms with E-state index in [1.807, 2.05) is 31.9 Å². The van der Waals surface area contributed by atoms with Crippen LogP contribution in [0.5, 0.6) is 40.2 Å². The Morgan fingerprint density at radius 3 is 2.54 bits per heavy atom. The molecule has 286 valence electrons. The maximum Gasteiger partial charge on any atom is 0.331 e. The Morgan fingerprint density at radius 1 is 1.02 bits per heavy atom. The molecule has 3 aromatic carbocycles. The number of hydrogen-bond donors (Lipinski definition) is 4. The van der Waals surface area contributed by atoms with Crippen molar-refractivity contribution in [3.8, 4) is 40.2 Å². The number of fused-ring (bicyclic) bond motifs is 9. The van der Waals surface area contributed by atoms with Gasteiger partial charge in [0.05, 0.1) is 37.6 Å². The minimum atomic E-state index is -1.36. The predicted molar refractivity (Wildman–Crippen MR) is 195 cm³/mol. The molecular weight excluding hydrogens is 719 g/mol. The van der Waals surface area contributed by atoms with Crippen LogP contribution in [0.1, 0.15) is 68.8 Å². The second kappa shape index (κ2) is 12.6. The van der Waals surface area contributed by atoms with Crippen molar-refractivity contribution in [2.45, 2.75) is 74.8 Å². The summed E-state index contributed by atoms with van der Waals surface area (Å²) in [6.07, 6.45) is -0.0282. The fraction of sp³-hybridized carbons (Fsp3) is 0.487. The number of methoxy groups -OCH3 is 2. The fourth-order valence-electron chi connectivity index (χ4n) is 10.00. The summed E-state index contributed by atoms with van der Waals surface area (Å²) in [7, 11) is 4.96. The van der Waals surface area contributed by atoms with E-state index in [4.69, 9.17) is 28.4 Å². The quantitative estimate of drug-likeness (QED) is 0.226. The van der Waals surface area contributed by atoms with E-state index in [0.717, 1.165) is 16.7 Å². The number of carbonyl (C=O) groups is 2. The Morgan fingerprint density at radius 2 is 1.80 bits per heavy atom. The molecule has 0 saturated carbocycles. The van der Waals surface area contributed by atoms with Crippen molar-refractivity contribution in [1.29, 1.82) is 0 Å². The first kappa shape index (κ1) is 35.3. The smallest absolute Gasteiger partial charge is 0.331 e. The number of benzene rings is 3. The number of aromatic hydroxyl groups is 2. The van der Waals surface area contributed by atoms with E-state index in [1.54, 1.807) is 12.1 Å². The van der Waals surface area contributed by atoms with Gasteiger partial charge in [-0.3, -0.25) is 19.9 Å². The first-order valence-electron chi connectivity index (χ1n) is 18.1. The molecule has 1 spiro atoms. The van der Waals surface area contributed by atoms with Crippen LogP contribution in [0.3, 0.4) is 0 Å². The van der Waals surface area contributed by atoms with Crippen LogP contribution in [0.2, 0.25) is 0 Å². The maximum absolute atomic E-state index is 14.7. The van der Waals surface area contributed by atoms with E-state index in [0.29, 0.717) is 70.2 Å². The summed E-state index contributed by atoms with van der Waals surface area (Å²) in [5, 5.41) is 38.2. The van der Waals surface area contributed by atoms with Gasteiger partial charge in [0.25, 0.3) is 0 Å². The van der Waals surface area contributed by atoms with Gasteiger partial charge in [-0.05, 0) is 68.1 Å². The fourth-order valence-corrected chi connectivity index (χ4v) is 11.7. The summed E-state index contributed by atoms with van der Waals surface area (Å²) >= 11 is 1.47. The van der Waals surface area contributed by atoms with Crippen molar-refractivity contribution in [3.05, 3.63) is 62.7 Å². The van der Waals surface area contributed by atoms with E-state index in [2.05, 4.69) is 10.2 Å². The lowest BCUT2D eigenvalue weighted by Gasteiger charge is -2.62. The summed E-state index contributed by atoms with van der Waals surface area (Å²) < 4.78 is 35.9. The molecule has 4 unspecified atom stereocenters. The van der Waals surface area contributed by atoms with Crippen LogP contribution < -0.4 is 29.0 Å². The van der Waals surface area contributed by atoms with Crippen LogP contribution in [-0.2, 0) is 32.7 Å². The second-order valence-corrected chi connectivity index (χ2v) is 16.1. The Bertz CT molecular complexity index is 2130. The molecule has 2 saturated heterocycles. The number of aliphatic hydroxyl groups excluding tert-OH is 1. The molecule has 7 atom stereocenters. The third kappa shape index (κ3) is 4.74. The Labute approximate surface area is 316 Å². The molecule has 7 aliphatic rings. The molecule has 14 nitrogen and oxygen atoms in total. The zero-order valence-electron chi connectivity index (χ0n) is 30.8. The van der Waals surface area contributed by atoms with E-state index in [-0.39, 0.29) is 42.4 Å². The van der Waals surface area contributed by atoms with E-state index in [9.17, 15) is 24.9 Å². The maximum atomic E-state index is 14.7. The highest BCUT2D eigenvalue weighted by molar-refractivity contribution is 7.99. The number of aliphatic hydroxyl groups is 1. The van der Waals surface area contributed by atoms with Gasteiger partial charge in [-0.15, -0.1) is 11.8 Å². The average Bonchev–Trinajstić information content (AvgIpc) is 3.63. The molecule has 0 aliphatic carbocycles. The van der Waals surface area contributed by atoms with Crippen LogP contribution in [0, 0.1) is 13.8 Å². The zero-order chi connectivity index (χ0) is 38.0. The van der Waals surface area contributed by atoms with Gasteiger partial charge in [0.1, 0.15) is 18.6 Å². The number of piperazine rings is 1. The van der Waals surface area contributed by atoms with Gasteiger partial charge in [0, 0.05) is 47.5 Å². The molecule has 4 N–H and O–H groups in total. The van der Waals surface area contributed by atoms with Crippen molar-refractivity contribution in [1.82, 2.24) is 15.1 Å². The minimum Gasteiger partial charge on any atom is -0.504 e. The van der Waals surface area contributed by atoms with Crippen LogP contribution in [-0.4, -0.2) is 102 Å². The van der Waals surface area contributed by atoms with Crippen LogP contribution in [0.4, 0.5) is 0 Å². The van der Waals surface area contributed by atoms with Crippen molar-refractivity contribution >= 4 is 23.7 Å². The summed E-state index contributed by atoms with van der Waals surface area (Å²) in [6.45, 7) is 5.26. The average molecular weight is 762 g/mol. The lowest BCUT2D eigenvalue weighted by Crippen LogP contribution is -2.70. The highest BCUT2D eigenvalue weighted by Gasteiger charge is 2.61. The summed E-state index contributed by atoms with van der Waals surface area (Å²) in [4.78, 5) is 31.7. The van der Waals surface area contributed by atoms with Crippen molar-refractivity contribution in [2.75, 3.05) is 47.0 Å². The third-order valence-corrected chi connectivity index (χ3v) is 13.7. The number of likely N-dealkylation sites (N-methyl/N-ethyl adjacent to an activating group) is 1. The van der Waals surface area contributed by atoms with Gasteiger partial charge in [-0.25, -0.2) is 4.79 Å². The van der Waals surface area contributed by atoms with Gasteiger partial charge in [0.15, 0.2) is 40.0 Å². The molecule has 0 amide bonds. The number of phenols is 2. The Kier molecular flexibility index (Phi) is 8.21. The number of rotatable bonds is 3. The van der Waals surface area contributed by atoms with Crippen LogP contribution in [0.25, 0.3) is 0 Å². The monoisotopic (exact) mass is 761 g/mol. The molecule has 7 heterocycles. The summed E-state index contributed by atoms with van der Waals surface area (Å²) in [5.74, 6) is 0.949. The zero-order valence-corrected chi connectivity index (χ0v) is 31.7. The summed E-state index contributed by atoms with van der Waals surface area (Å²) in [6, 6.07) is 3.13. The van der Waals surface area contributed by atoms with Gasteiger partial charge < -0.3 is 43.7 Å². The molecule has 54 heavy (non-hydrogen) atoms. The topological polar surface area (TPSA) is 169 Å². The number of nitrogens with zero attached hydrogens (tertiary/aromatic N) is 2. The van der Waals surface area contributed by atoms with E-state index < -0.39 is 47.1 Å².